The van der Waals surface area contributed by atoms with Crippen LogP contribution in [0.5, 0.6) is 0 Å². The fourth-order valence-electron chi connectivity index (χ4n) is 4.23. The smallest absolute Gasteiger partial charge is 0.412 e. The van der Waals surface area contributed by atoms with Crippen molar-refractivity contribution in [1.29, 1.82) is 0 Å². The first-order valence-corrected chi connectivity index (χ1v) is 13.7. The number of anilines is 2. The molecule has 13 heteroatoms. The van der Waals surface area contributed by atoms with E-state index in [2.05, 4.69) is 32.8 Å². The van der Waals surface area contributed by atoms with Crippen molar-refractivity contribution in [2.75, 3.05) is 42.8 Å². The second kappa shape index (κ2) is 10.8. The van der Waals surface area contributed by atoms with Crippen LogP contribution in [-0.2, 0) is 40.9 Å². The number of rotatable bonds is 2. The molecule has 1 aromatic carbocycles. The van der Waals surface area contributed by atoms with Crippen molar-refractivity contribution in [3.63, 3.8) is 0 Å². The molecule has 2 aliphatic heterocycles. The summed E-state index contributed by atoms with van der Waals surface area (Å²) >= 11 is 5.11. The molecular weight excluding hydrogens is 533 g/mol. The fourth-order valence-corrected chi connectivity index (χ4v) is 5.38. The third-order valence-corrected chi connectivity index (χ3v) is 7.60. The largest absolute Gasteiger partial charge is 0.412 e. The zero-order chi connectivity index (χ0) is 24.6. The van der Waals surface area contributed by atoms with Crippen LogP contribution in [0.3, 0.4) is 0 Å². The topological polar surface area (TPSA) is 146 Å². The number of sulfone groups is 1. The molecule has 0 spiro atoms. The van der Waals surface area contributed by atoms with Crippen molar-refractivity contribution in [1.82, 2.24) is 14.9 Å². The molecule has 4 N–H and O–H groups in total. The van der Waals surface area contributed by atoms with Gasteiger partial charge in [0.1, 0.15) is 0 Å². The third kappa shape index (κ3) is 5.87. The van der Waals surface area contributed by atoms with Gasteiger partial charge in [-0.2, -0.15) is 0 Å². The van der Waals surface area contributed by atoms with E-state index in [0.29, 0.717) is 19.8 Å². The van der Waals surface area contributed by atoms with E-state index in [1.165, 1.54) is 12.4 Å². The van der Waals surface area contributed by atoms with Gasteiger partial charge in [-0.3, -0.25) is 0 Å². The first-order valence-electron chi connectivity index (χ1n) is 11.3. The summed E-state index contributed by atoms with van der Waals surface area (Å²) in [7, 11) is -3.71. The number of carbonyl (C=O) groups is 1. The van der Waals surface area contributed by atoms with Crippen molar-refractivity contribution in [3.8, 4) is 0 Å². The van der Waals surface area contributed by atoms with Crippen molar-refractivity contribution in [3.05, 3.63) is 48.1 Å². The molecule has 5 rings (SSSR count). The van der Waals surface area contributed by atoms with Gasteiger partial charge in [-0.25, -0.2) is 0 Å². The number of nitrogens with one attached hydrogen (secondary N) is 2. The maximum absolute atomic E-state index is 12.7. The summed E-state index contributed by atoms with van der Waals surface area (Å²) in [5, 5.41) is 6.08. The van der Waals surface area contributed by atoms with E-state index in [-0.39, 0.29) is 32.8 Å². The Morgan fingerprint density at radius 3 is 2.67 bits per heavy atom. The predicted molar refractivity (Wildman–Crippen MR) is 131 cm³/mol. The minimum absolute atomic E-state index is 0. The summed E-state index contributed by atoms with van der Waals surface area (Å²) in [4.78, 5) is 18.9. The molecule has 2 aromatic rings. The van der Waals surface area contributed by atoms with Crippen LogP contribution in [0.1, 0.15) is 24.1 Å². The molecule has 1 saturated heterocycles. The van der Waals surface area contributed by atoms with E-state index in [0.717, 1.165) is 53.7 Å². The van der Waals surface area contributed by atoms with E-state index in [1.807, 2.05) is 12.1 Å². The zero-order valence-electron chi connectivity index (χ0n) is 19.6. The molecule has 0 radical (unpaired) electrons. The Hall–Kier alpha value is -2.57. The standard InChI is InChI=1S/C23H26N5O5S.Ni.H2O/c1-34(30,31)22-4-5-24-17-10-16(11-18(12-17)27-6-8-32-9-7-27)14-33-21-3-2-19(21)26-23(29)28-13-20(22)25-15-28;;/h4,10-12,15,19,21,24H,2-3,6-9,14H2,1H3,(H,26,29);;1H2/q-1;;/b22-4+;;/t19-,21-;;/m1../s1. The molecule has 11 nitrogen and oxygen atoms in total. The Morgan fingerprint density at radius 1 is 1.19 bits per heavy atom. The number of benzene rings is 1. The van der Waals surface area contributed by atoms with Gasteiger partial charge in [0.05, 0.1) is 0 Å². The van der Waals surface area contributed by atoms with Gasteiger partial charge in [0.15, 0.2) is 0 Å². The Morgan fingerprint density at radius 2 is 1.97 bits per heavy atom. The van der Waals surface area contributed by atoms with E-state index in [4.69, 9.17) is 24.5 Å². The first-order chi connectivity index (χ1) is 16.8. The van der Waals surface area contributed by atoms with Crippen LogP contribution < -0.4 is 15.5 Å². The average molecular weight is 561 g/mol. The Labute approximate surface area is 217 Å². The number of hydrogen-bond acceptors (Lipinski definition) is 8. The minimum atomic E-state index is -3.71. The number of imidazole rings is 1. The molecule has 1 aromatic heterocycles. The van der Waals surface area contributed by atoms with E-state index < -0.39 is 15.9 Å². The monoisotopic (exact) mass is 560 g/mol. The fraction of sp³-hybridized carbons (Fsp3) is 0.435. The predicted octanol–water partition coefficient (Wildman–Crippen LogP) is 0.488. The minimum Gasteiger partial charge on any atom is -0.412 e. The Balaban J connectivity index is 0.00000304. The quantitative estimate of drug-likeness (QED) is 0.398. The SMILES string of the molecule is CS(=O)(=O)/C1=C/[C](=[Ni])Nc2cc(cc(N3CCOCC3)c2)CO[C@@H]2CC[C@H]2NC(=O)n2[c-]c1nc2.O. The summed E-state index contributed by atoms with van der Waals surface area (Å²) in [6.07, 6.45) is 7.93. The van der Waals surface area contributed by atoms with Gasteiger partial charge in [-0.15, -0.1) is 0 Å². The van der Waals surface area contributed by atoms with Gasteiger partial charge in [-0.05, 0) is 0 Å². The average Bonchev–Trinajstić information content (AvgIpc) is 3.29. The second-order valence-corrected chi connectivity index (χ2v) is 11.3. The van der Waals surface area contributed by atoms with Gasteiger partial charge in [-0.1, -0.05) is 0 Å². The summed E-state index contributed by atoms with van der Waals surface area (Å²) in [5.41, 5.74) is 2.71. The normalized spacial score (nSPS) is 24.3. The van der Waals surface area contributed by atoms with Crippen LogP contribution in [0.25, 0.3) is 4.91 Å². The van der Waals surface area contributed by atoms with Crippen LogP contribution in [0.15, 0.2) is 30.6 Å². The Bertz CT molecular complexity index is 1290. The molecule has 3 aliphatic rings. The van der Waals surface area contributed by atoms with E-state index in [1.54, 1.807) is 0 Å². The van der Waals surface area contributed by atoms with Gasteiger partial charge in [0.25, 0.3) is 0 Å². The molecule has 2 atom stereocenters. The molecule has 3 heterocycles. The van der Waals surface area contributed by atoms with Gasteiger partial charge in [0, 0.05) is 0 Å². The van der Waals surface area contributed by atoms with Crippen LogP contribution in [-0.4, -0.2) is 78.8 Å². The zero-order valence-corrected chi connectivity index (χ0v) is 21.4. The number of aromatic nitrogens is 2. The number of hydrogen-bond donors (Lipinski definition) is 2. The number of fused-ring (bicyclic) bond motifs is 5. The molecular formula is C23H28N5NiO6S-. The molecule has 198 valence electrons. The number of morpholine rings is 1. The van der Waals surface area contributed by atoms with Crippen molar-refractivity contribution in [2.24, 2.45) is 0 Å². The summed E-state index contributed by atoms with van der Waals surface area (Å²) in [5.74, 6) is 0. The van der Waals surface area contributed by atoms with E-state index in [9.17, 15) is 13.2 Å². The maximum Gasteiger partial charge on any atom is -0.412 e. The Kier molecular flexibility index (Phi) is 7.96. The van der Waals surface area contributed by atoms with Crippen molar-refractivity contribution < 1.29 is 43.2 Å². The van der Waals surface area contributed by atoms with Gasteiger partial charge < -0.3 is 5.48 Å². The number of nitrogens with zero attached hydrogens (tertiary/aromatic N) is 3. The molecule has 4 bridgehead atoms. The van der Waals surface area contributed by atoms with Crippen LogP contribution in [0.2, 0.25) is 0 Å². The molecule has 36 heavy (non-hydrogen) atoms. The van der Waals surface area contributed by atoms with Gasteiger partial charge in [0.2, 0.25) is 0 Å². The van der Waals surface area contributed by atoms with Gasteiger partial charge >= 0.3 is 212 Å². The summed E-state index contributed by atoms with van der Waals surface area (Å²) in [6, 6.07) is 5.42. The number of amides is 1. The number of carbonyl (C=O) groups excluding carboxylic acids is 1. The summed E-state index contributed by atoms with van der Waals surface area (Å²) < 4.78 is 38.1. The van der Waals surface area contributed by atoms with Crippen molar-refractivity contribution >= 4 is 36.8 Å². The van der Waals surface area contributed by atoms with Crippen LogP contribution in [0.4, 0.5) is 16.2 Å². The molecule has 1 saturated carbocycles. The summed E-state index contributed by atoms with van der Waals surface area (Å²) in [6.45, 7) is 3.20. The molecule has 0 unspecified atom stereocenters. The number of ether oxygens (including phenoxy) is 2. The van der Waals surface area contributed by atoms with Crippen molar-refractivity contribution in [2.45, 2.75) is 31.6 Å². The van der Waals surface area contributed by atoms with E-state index >= 15 is 0 Å². The second-order valence-electron chi connectivity index (χ2n) is 8.77. The molecule has 1 aliphatic carbocycles. The first kappa shape index (κ1) is 26.5. The molecule has 1 amide bonds. The maximum atomic E-state index is 12.7. The molecule has 2 fully saturated rings. The van der Waals surface area contributed by atoms with Crippen LogP contribution >= 0.6 is 0 Å². The van der Waals surface area contributed by atoms with Crippen LogP contribution in [0, 0.1) is 6.20 Å². The third-order valence-electron chi connectivity index (χ3n) is 6.22.